The summed E-state index contributed by atoms with van der Waals surface area (Å²) in [6, 6.07) is 0. The Balaban J connectivity index is 2.26. The first-order valence-corrected chi connectivity index (χ1v) is 5.75. The lowest BCUT2D eigenvalue weighted by Crippen LogP contribution is -2.08. The zero-order chi connectivity index (χ0) is 10.1. The van der Waals surface area contributed by atoms with Crippen molar-refractivity contribution in [2.45, 2.75) is 38.5 Å². The number of fused-ring (bicyclic) bond motifs is 1. The molecule has 1 aromatic rings. The maximum atomic E-state index is 10.9. The van der Waals surface area contributed by atoms with Crippen LogP contribution < -0.4 is 0 Å². The molecule has 3 nitrogen and oxygen atoms in total. The highest BCUT2D eigenvalue weighted by molar-refractivity contribution is 7.11. The Hall–Kier alpha value is -0.900. The number of carbonyl (C=O) groups is 1. The van der Waals surface area contributed by atoms with Gasteiger partial charge in [0.2, 0.25) is 0 Å². The van der Waals surface area contributed by atoms with Crippen LogP contribution in [0.3, 0.4) is 0 Å². The third-order valence-electron chi connectivity index (χ3n) is 2.52. The van der Waals surface area contributed by atoms with Gasteiger partial charge in [-0.3, -0.25) is 4.79 Å². The summed E-state index contributed by atoms with van der Waals surface area (Å²) in [6.07, 6.45) is 3.68. The van der Waals surface area contributed by atoms with Gasteiger partial charge < -0.3 is 5.11 Å². The Morgan fingerprint density at radius 1 is 1.71 bits per heavy atom. The van der Waals surface area contributed by atoms with Crippen molar-refractivity contribution in [2.75, 3.05) is 0 Å². The zero-order valence-corrected chi connectivity index (χ0v) is 8.93. The van der Waals surface area contributed by atoms with E-state index in [1.165, 1.54) is 4.88 Å². The van der Waals surface area contributed by atoms with E-state index in [0.29, 0.717) is 0 Å². The molecule has 1 unspecified atom stereocenters. The van der Waals surface area contributed by atoms with Crippen LogP contribution in [-0.4, -0.2) is 16.1 Å². The summed E-state index contributed by atoms with van der Waals surface area (Å²) in [5, 5.41) is 10.1. The second-order valence-electron chi connectivity index (χ2n) is 3.60. The van der Waals surface area contributed by atoms with Crippen LogP contribution in [0.4, 0.5) is 0 Å². The molecule has 1 aromatic heterocycles. The number of aromatic nitrogens is 1. The van der Waals surface area contributed by atoms with Gasteiger partial charge in [-0.2, -0.15) is 0 Å². The van der Waals surface area contributed by atoms with E-state index in [1.54, 1.807) is 11.3 Å². The summed E-state index contributed by atoms with van der Waals surface area (Å²) in [7, 11) is 0. The van der Waals surface area contributed by atoms with E-state index < -0.39 is 5.97 Å². The van der Waals surface area contributed by atoms with E-state index in [2.05, 4.69) is 11.9 Å². The molecule has 0 bridgehead atoms. The molecule has 0 radical (unpaired) electrons. The largest absolute Gasteiger partial charge is 0.481 e. The molecule has 1 heterocycles. The molecule has 0 saturated heterocycles. The number of carboxylic acids is 1. The van der Waals surface area contributed by atoms with Gasteiger partial charge in [-0.25, -0.2) is 4.98 Å². The quantitative estimate of drug-likeness (QED) is 0.834. The van der Waals surface area contributed by atoms with E-state index in [1.807, 2.05) is 0 Å². The molecule has 0 aromatic carbocycles. The number of aliphatic carboxylic acids is 1. The average molecular weight is 211 g/mol. The van der Waals surface area contributed by atoms with Crippen LogP contribution in [-0.2, 0) is 17.6 Å². The predicted molar refractivity (Wildman–Crippen MR) is 54.8 cm³/mol. The van der Waals surface area contributed by atoms with Gasteiger partial charge in [0.1, 0.15) is 5.92 Å². The maximum Gasteiger partial charge on any atom is 0.312 e. The Bertz CT molecular complexity index is 359. The molecule has 76 valence electrons. The van der Waals surface area contributed by atoms with Crippen molar-refractivity contribution in [1.82, 2.24) is 4.98 Å². The minimum atomic E-state index is -0.725. The van der Waals surface area contributed by atoms with Crippen LogP contribution in [0, 0.1) is 0 Å². The van der Waals surface area contributed by atoms with E-state index in [9.17, 15) is 4.79 Å². The van der Waals surface area contributed by atoms with Crippen LogP contribution in [0.2, 0.25) is 0 Å². The highest BCUT2D eigenvalue weighted by Gasteiger charge is 2.31. The molecule has 2 rings (SSSR count). The van der Waals surface area contributed by atoms with Crippen molar-refractivity contribution in [3.63, 3.8) is 0 Å². The van der Waals surface area contributed by atoms with E-state index in [4.69, 9.17) is 5.11 Å². The third-order valence-corrected chi connectivity index (χ3v) is 3.71. The molecule has 0 amide bonds. The van der Waals surface area contributed by atoms with Crippen LogP contribution in [0.5, 0.6) is 0 Å². The van der Waals surface area contributed by atoms with Crippen molar-refractivity contribution in [3.05, 3.63) is 15.6 Å². The van der Waals surface area contributed by atoms with Gasteiger partial charge in [0.25, 0.3) is 0 Å². The van der Waals surface area contributed by atoms with Crippen LogP contribution in [0.15, 0.2) is 0 Å². The van der Waals surface area contributed by atoms with Crippen molar-refractivity contribution in [1.29, 1.82) is 0 Å². The van der Waals surface area contributed by atoms with Gasteiger partial charge in [0.05, 0.1) is 10.7 Å². The summed E-state index contributed by atoms with van der Waals surface area (Å²) in [5.74, 6) is -1.07. The molecular weight excluding hydrogens is 198 g/mol. The fourth-order valence-corrected chi connectivity index (χ4v) is 3.09. The first kappa shape index (κ1) is 9.65. The second kappa shape index (κ2) is 3.69. The third kappa shape index (κ3) is 1.54. The van der Waals surface area contributed by atoms with Gasteiger partial charge >= 0.3 is 5.97 Å². The van der Waals surface area contributed by atoms with E-state index in [-0.39, 0.29) is 5.92 Å². The Labute approximate surface area is 86.8 Å². The highest BCUT2D eigenvalue weighted by atomic mass is 32.1. The SMILES string of the molecule is CCCc1nc2c(s1)CCC2C(=O)O. The first-order valence-electron chi connectivity index (χ1n) is 4.93. The minimum absolute atomic E-state index is 0.341. The van der Waals surface area contributed by atoms with Gasteiger partial charge in [-0.1, -0.05) is 6.92 Å². The van der Waals surface area contributed by atoms with Crippen molar-refractivity contribution < 1.29 is 9.90 Å². The molecule has 0 fully saturated rings. The summed E-state index contributed by atoms with van der Waals surface area (Å²) in [5.41, 5.74) is 0.839. The summed E-state index contributed by atoms with van der Waals surface area (Å²) >= 11 is 1.69. The van der Waals surface area contributed by atoms with Crippen LogP contribution in [0.1, 0.15) is 41.3 Å². The van der Waals surface area contributed by atoms with Crippen molar-refractivity contribution in [2.24, 2.45) is 0 Å². The zero-order valence-electron chi connectivity index (χ0n) is 8.12. The van der Waals surface area contributed by atoms with Gasteiger partial charge in [0.15, 0.2) is 0 Å². The number of aryl methyl sites for hydroxylation is 2. The summed E-state index contributed by atoms with van der Waals surface area (Å²) in [4.78, 5) is 16.5. The topological polar surface area (TPSA) is 50.2 Å². The Morgan fingerprint density at radius 2 is 2.50 bits per heavy atom. The maximum absolute atomic E-state index is 10.9. The van der Waals surface area contributed by atoms with E-state index >= 15 is 0 Å². The lowest BCUT2D eigenvalue weighted by atomic mass is 10.1. The van der Waals surface area contributed by atoms with Crippen LogP contribution in [0.25, 0.3) is 0 Å². The van der Waals surface area contributed by atoms with Crippen LogP contribution >= 0.6 is 11.3 Å². The fraction of sp³-hybridized carbons (Fsp3) is 0.600. The number of rotatable bonds is 3. The molecule has 0 aliphatic heterocycles. The normalized spacial score (nSPS) is 19.6. The second-order valence-corrected chi connectivity index (χ2v) is 4.76. The van der Waals surface area contributed by atoms with Gasteiger partial charge in [0, 0.05) is 4.88 Å². The molecule has 1 aliphatic carbocycles. The number of carboxylic acid groups (broad SMARTS) is 1. The number of hydrogen-bond acceptors (Lipinski definition) is 3. The lowest BCUT2D eigenvalue weighted by Gasteiger charge is -2.00. The smallest absolute Gasteiger partial charge is 0.312 e. The standard InChI is InChI=1S/C10H13NO2S/c1-2-3-8-11-9-6(10(12)13)4-5-7(9)14-8/h6H,2-5H2,1H3,(H,12,13). The predicted octanol–water partition coefficient (Wildman–Crippen LogP) is 2.21. The summed E-state index contributed by atoms with van der Waals surface area (Å²) in [6.45, 7) is 2.11. The molecule has 1 aliphatic rings. The van der Waals surface area contributed by atoms with Gasteiger partial charge in [-0.05, 0) is 25.7 Å². The molecule has 0 spiro atoms. The number of thiazole rings is 1. The minimum Gasteiger partial charge on any atom is -0.481 e. The number of hydrogen-bond donors (Lipinski definition) is 1. The lowest BCUT2D eigenvalue weighted by molar-refractivity contribution is -0.138. The molecular formula is C10H13NO2S. The molecule has 1 atom stereocenters. The summed E-state index contributed by atoms with van der Waals surface area (Å²) < 4.78 is 0. The molecule has 14 heavy (non-hydrogen) atoms. The van der Waals surface area contributed by atoms with E-state index in [0.717, 1.165) is 36.4 Å². The van der Waals surface area contributed by atoms with Gasteiger partial charge in [-0.15, -0.1) is 11.3 Å². The molecule has 1 N–H and O–H groups in total. The van der Waals surface area contributed by atoms with Crippen molar-refractivity contribution in [3.8, 4) is 0 Å². The monoisotopic (exact) mass is 211 g/mol. The fourth-order valence-electron chi connectivity index (χ4n) is 1.84. The van der Waals surface area contributed by atoms with Crippen molar-refractivity contribution >= 4 is 17.3 Å². The average Bonchev–Trinajstić information content (AvgIpc) is 2.62. The first-order chi connectivity index (χ1) is 6.72. The Morgan fingerprint density at radius 3 is 3.14 bits per heavy atom. The molecule has 4 heteroatoms. The Kier molecular flexibility index (Phi) is 2.54. The molecule has 0 saturated carbocycles. The number of nitrogens with zero attached hydrogens (tertiary/aromatic N) is 1. The highest BCUT2D eigenvalue weighted by Crippen LogP contribution is 2.36.